The number of carbonyl (C=O) groups excluding carboxylic acids is 2. The first kappa shape index (κ1) is 25.8. The second kappa shape index (κ2) is 9.63. The van der Waals surface area contributed by atoms with Gasteiger partial charge in [-0.25, -0.2) is 0 Å². The first-order chi connectivity index (χ1) is 16.9. The standard InChI is InChI=1S/C26H24F6N2O2/c1-2-11-34-22-6-4-3-5-18(22)19(15-7-8-15)14-21(24(34)36)33-23(35)12-16-9-10-17(25(27,28)29)13-20(16)26(30,31)32/h3-6,9-10,13-15,21H,2,7-8,11-12H2,1H3,(H,33,35). The van der Waals surface area contributed by atoms with Gasteiger partial charge in [-0.2, -0.15) is 26.3 Å². The molecule has 0 radical (unpaired) electrons. The van der Waals surface area contributed by atoms with Crippen LogP contribution in [0.5, 0.6) is 0 Å². The lowest BCUT2D eigenvalue weighted by Crippen LogP contribution is -2.48. The maximum atomic E-state index is 13.5. The topological polar surface area (TPSA) is 49.4 Å². The second-order valence-electron chi connectivity index (χ2n) is 8.99. The Balaban J connectivity index is 1.64. The molecular formula is C26H24F6N2O2. The number of para-hydroxylation sites is 1. The molecule has 192 valence electrons. The van der Waals surface area contributed by atoms with Crippen molar-refractivity contribution in [2.75, 3.05) is 11.4 Å². The molecule has 4 rings (SSSR count). The lowest BCUT2D eigenvalue weighted by molar-refractivity contribution is -0.143. The largest absolute Gasteiger partial charge is 0.416 e. The molecule has 1 unspecified atom stereocenters. The zero-order valence-electron chi connectivity index (χ0n) is 19.3. The Hall–Kier alpha value is -3.30. The minimum Gasteiger partial charge on any atom is -0.341 e. The Morgan fingerprint density at radius 2 is 1.72 bits per heavy atom. The Labute approximate surface area is 204 Å². The highest BCUT2D eigenvalue weighted by Gasteiger charge is 2.39. The normalized spacial score (nSPS) is 18.4. The van der Waals surface area contributed by atoms with E-state index in [1.165, 1.54) is 0 Å². The summed E-state index contributed by atoms with van der Waals surface area (Å²) in [5, 5.41) is 2.52. The van der Waals surface area contributed by atoms with Crippen molar-refractivity contribution >= 4 is 23.1 Å². The van der Waals surface area contributed by atoms with Crippen molar-refractivity contribution in [3.63, 3.8) is 0 Å². The number of fused-ring (bicyclic) bond motifs is 1. The number of amides is 2. The monoisotopic (exact) mass is 510 g/mol. The fourth-order valence-electron chi connectivity index (χ4n) is 4.46. The van der Waals surface area contributed by atoms with Crippen LogP contribution >= 0.6 is 0 Å². The number of hydrogen-bond acceptors (Lipinski definition) is 2. The van der Waals surface area contributed by atoms with Gasteiger partial charge in [-0.1, -0.05) is 31.2 Å². The van der Waals surface area contributed by atoms with Crippen LogP contribution in [0.4, 0.5) is 32.0 Å². The minimum absolute atomic E-state index is 0.00411. The Morgan fingerprint density at radius 3 is 2.33 bits per heavy atom. The van der Waals surface area contributed by atoms with Crippen LogP contribution in [-0.2, 0) is 28.4 Å². The summed E-state index contributed by atoms with van der Waals surface area (Å²) < 4.78 is 79.4. The highest BCUT2D eigenvalue weighted by Crippen LogP contribution is 2.46. The molecular weight excluding hydrogens is 486 g/mol. The van der Waals surface area contributed by atoms with E-state index in [2.05, 4.69) is 5.32 Å². The van der Waals surface area contributed by atoms with E-state index in [0.717, 1.165) is 24.0 Å². The molecule has 1 N–H and O–H groups in total. The van der Waals surface area contributed by atoms with Crippen molar-refractivity contribution in [1.82, 2.24) is 5.32 Å². The second-order valence-corrected chi connectivity index (χ2v) is 8.99. The molecule has 10 heteroatoms. The van der Waals surface area contributed by atoms with Crippen LogP contribution in [-0.4, -0.2) is 24.4 Å². The highest BCUT2D eigenvalue weighted by molar-refractivity contribution is 6.05. The highest BCUT2D eigenvalue weighted by atomic mass is 19.4. The van der Waals surface area contributed by atoms with Gasteiger partial charge in [-0.3, -0.25) is 9.59 Å². The van der Waals surface area contributed by atoms with Gasteiger partial charge in [0.1, 0.15) is 6.04 Å². The molecule has 1 heterocycles. The van der Waals surface area contributed by atoms with Gasteiger partial charge in [0.2, 0.25) is 5.91 Å². The van der Waals surface area contributed by atoms with Gasteiger partial charge >= 0.3 is 12.4 Å². The number of allylic oxidation sites excluding steroid dienone is 1. The van der Waals surface area contributed by atoms with Crippen molar-refractivity contribution in [3.05, 3.63) is 70.8 Å². The third-order valence-corrected chi connectivity index (χ3v) is 6.26. The third-order valence-electron chi connectivity index (χ3n) is 6.26. The van der Waals surface area contributed by atoms with E-state index in [0.29, 0.717) is 30.8 Å². The number of nitrogens with one attached hydrogen (secondary N) is 1. The van der Waals surface area contributed by atoms with E-state index >= 15 is 0 Å². The van der Waals surface area contributed by atoms with E-state index in [-0.39, 0.29) is 12.0 Å². The van der Waals surface area contributed by atoms with E-state index < -0.39 is 53.3 Å². The fraction of sp³-hybridized carbons (Fsp3) is 0.385. The van der Waals surface area contributed by atoms with E-state index in [1.54, 1.807) is 11.0 Å². The van der Waals surface area contributed by atoms with Gasteiger partial charge in [0, 0.05) is 12.1 Å². The van der Waals surface area contributed by atoms with E-state index in [1.807, 2.05) is 31.2 Å². The first-order valence-electron chi connectivity index (χ1n) is 11.6. The summed E-state index contributed by atoms with van der Waals surface area (Å²) in [6.07, 6.45) is -6.75. The van der Waals surface area contributed by atoms with Gasteiger partial charge < -0.3 is 10.2 Å². The molecule has 1 aliphatic carbocycles. The zero-order chi connectivity index (χ0) is 26.3. The predicted octanol–water partition coefficient (Wildman–Crippen LogP) is 6.00. The van der Waals surface area contributed by atoms with Crippen molar-refractivity contribution < 1.29 is 35.9 Å². The Morgan fingerprint density at radius 1 is 1.03 bits per heavy atom. The summed E-state index contributed by atoms with van der Waals surface area (Å²) in [7, 11) is 0. The van der Waals surface area contributed by atoms with Crippen LogP contribution in [0, 0.1) is 5.92 Å². The summed E-state index contributed by atoms with van der Waals surface area (Å²) in [6.45, 7) is 2.28. The number of rotatable bonds is 6. The molecule has 1 saturated carbocycles. The van der Waals surface area contributed by atoms with E-state index in [9.17, 15) is 35.9 Å². The smallest absolute Gasteiger partial charge is 0.341 e. The van der Waals surface area contributed by atoms with Crippen LogP contribution in [0.2, 0.25) is 0 Å². The average molecular weight is 510 g/mol. The lowest BCUT2D eigenvalue weighted by atomic mass is 9.98. The maximum absolute atomic E-state index is 13.5. The minimum atomic E-state index is -5.09. The van der Waals surface area contributed by atoms with Gasteiger partial charge in [-0.15, -0.1) is 0 Å². The number of benzene rings is 2. The predicted molar refractivity (Wildman–Crippen MR) is 122 cm³/mol. The van der Waals surface area contributed by atoms with Crippen LogP contribution < -0.4 is 10.2 Å². The van der Waals surface area contributed by atoms with Crippen molar-refractivity contribution in [2.24, 2.45) is 5.92 Å². The number of carbonyl (C=O) groups is 2. The SMILES string of the molecule is CCCN1C(=O)C(NC(=O)Cc2ccc(C(F)(F)F)cc2C(F)(F)F)C=C(C2CC2)c2ccccc21. The molecule has 2 aromatic rings. The van der Waals surface area contributed by atoms with Crippen LogP contribution in [0.1, 0.15) is 48.4 Å². The Bertz CT molecular complexity index is 1200. The molecule has 1 aliphatic heterocycles. The first-order valence-corrected chi connectivity index (χ1v) is 11.6. The summed E-state index contributed by atoms with van der Waals surface area (Å²) in [5.41, 5.74) is -1.11. The van der Waals surface area contributed by atoms with Gasteiger partial charge in [0.15, 0.2) is 0 Å². The lowest BCUT2D eigenvalue weighted by Gasteiger charge is -2.26. The van der Waals surface area contributed by atoms with Crippen molar-refractivity contribution in [3.8, 4) is 0 Å². The third kappa shape index (κ3) is 5.42. The number of hydrogen-bond donors (Lipinski definition) is 1. The van der Waals surface area contributed by atoms with Crippen LogP contribution in [0.15, 0.2) is 48.5 Å². The van der Waals surface area contributed by atoms with Gasteiger partial charge in [-0.05, 0) is 60.6 Å². The molecule has 36 heavy (non-hydrogen) atoms. The summed E-state index contributed by atoms with van der Waals surface area (Å²) in [5.74, 6) is -1.10. The van der Waals surface area contributed by atoms with Crippen LogP contribution in [0.3, 0.4) is 0 Å². The quantitative estimate of drug-likeness (QED) is 0.485. The number of nitrogens with zero attached hydrogens (tertiary/aromatic N) is 1. The maximum Gasteiger partial charge on any atom is 0.416 e. The summed E-state index contributed by atoms with van der Waals surface area (Å²) >= 11 is 0. The molecule has 2 aromatic carbocycles. The van der Waals surface area contributed by atoms with Crippen molar-refractivity contribution in [1.29, 1.82) is 0 Å². The molecule has 0 saturated heterocycles. The van der Waals surface area contributed by atoms with Gasteiger partial charge in [0.05, 0.1) is 23.2 Å². The molecule has 0 bridgehead atoms. The molecule has 2 aliphatic rings. The molecule has 1 fully saturated rings. The average Bonchev–Trinajstić information content (AvgIpc) is 3.64. The fourth-order valence-corrected chi connectivity index (χ4v) is 4.46. The van der Waals surface area contributed by atoms with E-state index in [4.69, 9.17) is 0 Å². The summed E-state index contributed by atoms with van der Waals surface area (Å²) in [6, 6.07) is 7.44. The number of halogens is 6. The summed E-state index contributed by atoms with van der Waals surface area (Å²) in [4.78, 5) is 27.8. The molecule has 0 aromatic heterocycles. The van der Waals surface area contributed by atoms with Crippen molar-refractivity contribution in [2.45, 2.75) is 51.0 Å². The van der Waals surface area contributed by atoms with Crippen LogP contribution in [0.25, 0.3) is 5.57 Å². The zero-order valence-corrected chi connectivity index (χ0v) is 19.3. The molecule has 4 nitrogen and oxygen atoms in total. The number of anilines is 1. The van der Waals surface area contributed by atoms with Gasteiger partial charge in [0.25, 0.3) is 5.91 Å². The molecule has 1 atom stereocenters. The number of alkyl halides is 6. The Kier molecular flexibility index (Phi) is 6.90. The molecule has 2 amide bonds. The molecule has 0 spiro atoms.